The van der Waals surface area contributed by atoms with E-state index in [9.17, 15) is 10.2 Å². The van der Waals surface area contributed by atoms with Gasteiger partial charge in [0.2, 0.25) is 0 Å². The molecule has 2 unspecified atom stereocenters. The van der Waals surface area contributed by atoms with Crippen molar-refractivity contribution in [1.82, 2.24) is 10.3 Å². The minimum atomic E-state index is -0.159. The lowest BCUT2D eigenvalue weighted by Gasteiger charge is -2.21. The fraction of sp³-hybridized carbons (Fsp3) is 0.400. The molecule has 0 aliphatic rings. The molecular weight excluding hydrogens is 272 g/mol. The van der Waals surface area contributed by atoms with Crippen LogP contribution in [0.25, 0.3) is 0 Å². The molecule has 1 aromatic carbocycles. The van der Waals surface area contributed by atoms with Crippen molar-refractivity contribution in [3.8, 4) is 11.5 Å². The van der Waals surface area contributed by atoms with Gasteiger partial charge in [-0.3, -0.25) is 0 Å². The molecule has 0 saturated carbocycles. The van der Waals surface area contributed by atoms with Crippen molar-refractivity contribution in [3.63, 3.8) is 0 Å². The molecule has 4 nitrogen and oxygen atoms in total. The van der Waals surface area contributed by atoms with Crippen molar-refractivity contribution in [2.24, 2.45) is 0 Å². The van der Waals surface area contributed by atoms with Gasteiger partial charge in [0, 0.05) is 17.0 Å². The number of aromatic nitrogens is 1. The molecule has 0 spiro atoms. The number of hydrogen-bond donors (Lipinski definition) is 3. The molecule has 2 rings (SSSR count). The number of hydrogen-bond acceptors (Lipinski definition) is 5. The highest BCUT2D eigenvalue weighted by atomic mass is 32.1. The van der Waals surface area contributed by atoms with E-state index in [1.165, 1.54) is 4.88 Å². The van der Waals surface area contributed by atoms with Gasteiger partial charge in [0.15, 0.2) is 0 Å². The Bertz CT molecular complexity index is 590. The normalized spacial score (nSPS) is 14.2. The quantitative estimate of drug-likeness (QED) is 0.806. The number of phenolic OH excluding ortho intramolecular Hbond substituents is 2. The van der Waals surface area contributed by atoms with Crippen molar-refractivity contribution in [3.05, 3.63) is 39.3 Å². The van der Waals surface area contributed by atoms with E-state index in [4.69, 9.17) is 0 Å². The van der Waals surface area contributed by atoms with Gasteiger partial charge in [-0.2, -0.15) is 0 Å². The lowest BCUT2D eigenvalue weighted by molar-refractivity contribution is 0.408. The summed E-state index contributed by atoms with van der Waals surface area (Å²) in [6.45, 7) is 7.98. The van der Waals surface area contributed by atoms with Crippen LogP contribution in [0.2, 0.25) is 0 Å². The minimum Gasteiger partial charge on any atom is -0.507 e. The lowest BCUT2D eigenvalue weighted by atomic mass is 10.0. The zero-order valence-corrected chi connectivity index (χ0v) is 13.0. The van der Waals surface area contributed by atoms with E-state index >= 15 is 0 Å². The number of aromatic hydroxyl groups is 2. The molecular formula is C15H20N2O2S. The summed E-state index contributed by atoms with van der Waals surface area (Å²) in [5, 5.41) is 24.2. The van der Waals surface area contributed by atoms with Gasteiger partial charge in [0.25, 0.3) is 0 Å². The average molecular weight is 292 g/mol. The number of rotatable bonds is 4. The first-order valence-corrected chi connectivity index (χ1v) is 7.42. The molecule has 0 aliphatic heterocycles. The standard InChI is InChI=1S/C15H20N2O2S/c1-8(14-12(18)6-5-7-13(14)19)16-9(2)15-10(3)17-11(4)20-15/h5-9,16,18-19H,1-4H3. The van der Waals surface area contributed by atoms with Gasteiger partial charge in [-0.1, -0.05) is 6.07 Å². The molecule has 0 fully saturated rings. The summed E-state index contributed by atoms with van der Waals surface area (Å²) in [4.78, 5) is 5.61. The van der Waals surface area contributed by atoms with Crippen molar-refractivity contribution < 1.29 is 10.2 Å². The van der Waals surface area contributed by atoms with Crippen LogP contribution in [0.5, 0.6) is 11.5 Å². The van der Waals surface area contributed by atoms with E-state index in [1.807, 2.05) is 20.8 Å². The molecule has 0 aliphatic carbocycles. The summed E-state index contributed by atoms with van der Waals surface area (Å²) in [5.41, 5.74) is 1.56. The van der Waals surface area contributed by atoms with Crippen molar-refractivity contribution in [2.75, 3.05) is 0 Å². The Labute approximate surface area is 123 Å². The van der Waals surface area contributed by atoms with E-state index in [2.05, 4.69) is 17.2 Å². The van der Waals surface area contributed by atoms with E-state index in [1.54, 1.807) is 29.5 Å². The summed E-state index contributed by atoms with van der Waals surface area (Å²) in [7, 11) is 0. The summed E-state index contributed by atoms with van der Waals surface area (Å²) in [6.07, 6.45) is 0. The van der Waals surface area contributed by atoms with Crippen LogP contribution in [0.1, 0.15) is 47.1 Å². The van der Waals surface area contributed by atoms with Gasteiger partial charge in [-0.15, -0.1) is 11.3 Å². The topological polar surface area (TPSA) is 65.4 Å². The molecule has 2 atom stereocenters. The monoisotopic (exact) mass is 292 g/mol. The number of phenols is 2. The van der Waals surface area contributed by atoms with Gasteiger partial charge < -0.3 is 15.5 Å². The molecule has 0 amide bonds. The van der Waals surface area contributed by atoms with Crippen LogP contribution in [-0.4, -0.2) is 15.2 Å². The summed E-state index contributed by atoms with van der Waals surface area (Å²) in [6, 6.07) is 4.74. The predicted octanol–water partition coefficient (Wildman–Crippen LogP) is 3.58. The Morgan fingerprint density at radius 1 is 1.10 bits per heavy atom. The first kappa shape index (κ1) is 14.8. The van der Waals surface area contributed by atoms with E-state index < -0.39 is 0 Å². The summed E-state index contributed by atoms with van der Waals surface area (Å²) in [5.74, 6) is 0.212. The molecule has 1 heterocycles. The van der Waals surface area contributed by atoms with Gasteiger partial charge in [0.05, 0.1) is 16.3 Å². The zero-order valence-electron chi connectivity index (χ0n) is 12.1. The maximum absolute atomic E-state index is 9.89. The second kappa shape index (κ2) is 5.81. The maximum Gasteiger partial charge on any atom is 0.124 e. The van der Waals surface area contributed by atoms with E-state index in [-0.39, 0.29) is 23.6 Å². The van der Waals surface area contributed by atoms with Crippen molar-refractivity contribution in [1.29, 1.82) is 0 Å². The SMILES string of the molecule is Cc1nc(C)c(C(C)NC(C)c2c(O)cccc2O)s1. The van der Waals surface area contributed by atoms with Crippen LogP contribution < -0.4 is 5.32 Å². The predicted molar refractivity (Wildman–Crippen MR) is 81.3 cm³/mol. The molecule has 0 bridgehead atoms. The average Bonchev–Trinajstić information content (AvgIpc) is 2.68. The number of nitrogens with zero attached hydrogens (tertiary/aromatic N) is 1. The fourth-order valence-corrected chi connectivity index (χ4v) is 3.41. The number of aryl methyl sites for hydroxylation is 2. The first-order chi connectivity index (χ1) is 9.40. The number of thiazole rings is 1. The Morgan fingerprint density at radius 2 is 1.70 bits per heavy atom. The molecule has 20 heavy (non-hydrogen) atoms. The van der Waals surface area contributed by atoms with Crippen LogP contribution in [0, 0.1) is 13.8 Å². The Morgan fingerprint density at radius 3 is 2.20 bits per heavy atom. The first-order valence-electron chi connectivity index (χ1n) is 6.61. The number of benzene rings is 1. The van der Waals surface area contributed by atoms with Gasteiger partial charge in [-0.25, -0.2) is 4.98 Å². The van der Waals surface area contributed by atoms with Crippen LogP contribution >= 0.6 is 11.3 Å². The summed E-state index contributed by atoms with van der Waals surface area (Å²) < 4.78 is 0. The molecule has 3 N–H and O–H groups in total. The van der Waals surface area contributed by atoms with Crippen molar-refractivity contribution in [2.45, 2.75) is 39.8 Å². The fourth-order valence-electron chi connectivity index (χ4n) is 2.47. The Kier molecular flexibility index (Phi) is 4.30. The highest BCUT2D eigenvalue weighted by molar-refractivity contribution is 7.11. The smallest absolute Gasteiger partial charge is 0.124 e. The third-order valence-corrected chi connectivity index (χ3v) is 4.58. The lowest BCUT2D eigenvalue weighted by Crippen LogP contribution is -2.22. The molecule has 2 aromatic rings. The minimum absolute atomic E-state index is 0.106. The molecule has 0 radical (unpaired) electrons. The number of nitrogens with one attached hydrogen (secondary N) is 1. The highest BCUT2D eigenvalue weighted by Gasteiger charge is 2.19. The zero-order chi connectivity index (χ0) is 14.9. The highest BCUT2D eigenvalue weighted by Crippen LogP contribution is 2.34. The van der Waals surface area contributed by atoms with Crippen molar-refractivity contribution >= 4 is 11.3 Å². The van der Waals surface area contributed by atoms with Crippen LogP contribution in [-0.2, 0) is 0 Å². The second-order valence-electron chi connectivity index (χ2n) is 5.00. The third kappa shape index (κ3) is 2.94. The molecule has 5 heteroatoms. The molecule has 108 valence electrons. The third-order valence-electron chi connectivity index (χ3n) is 3.33. The summed E-state index contributed by atoms with van der Waals surface area (Å²) >= 11 is 1.67. The van der Waals surface area contributed by atoms with E-state index in [0.29, 0.717) is 5.56 Å². The van der Waals surface area contributed by atoms with Crippen LogP contribution in [0.3, 0.4) is 0 Å². The van der Waals surface area contributed by atoms with Crippen LogP contribution in [0.4, 0.5) is 0 Å². The van der Waals surface area contributed by atoms with E-state index in [0.717, 1.165) is 10.7 Å². The second-order valence-corrected chi connectivity index (χ2v) is 6.24. The molecule has 1 aromatic heterocycles. The Balaban J connectivity index is 2.19. The van der Waals surface area contributed by atoms with Gasteiger partial charge in [0.1, 0.15) is 11.5 Å². The van der Waals surface area contributed by atoms with Gasteiger partial charge >= 0.3 is 0 Å². The maximum atomic E-state index is 9.89. The molecule has 0 saturated heterocycles. The Hall–Kier alpha value is -1.59. The van der Waals surface area contributed by atoms with Crippen LogP contribution in [0.15, 0.2) is 18.2 Å². The van der Waals surface area contributed by atoms with Gasteiger partial charge in [-0.05, 0) is 39.8 Å². The largest absolute Gasteiger partial charge is 0.507 e.